The molecule has 1 aromatic carbocycles. The number of halogens is 1. The third-order valence-electron chi connectivity index (χ3n) is 4.59. The highest BCUT2D eigenvalue weighted by molar-refractivity contribution is 6.30. The predicted octanol–water partition coefficient (Wildman–Crippen LogP) is 2.75. The minimum absolute atomic E-state index is 0.104. The van der Waals surface area contributed by atoms with Crippen molar-refractivity contribution in [2.24, 2.45) is 4.99 Å². The summed E-state index contributed by atoms with van der Waals surface area (Å²) in [6.07, 6.45) is 0. The third-order valence-corrected chi connectivity index (χ3v) is 4.82. The van der Waals surface area contributed by atoms with Crippen LogP contribution in [0.5, 0.6) is 0 Å². The molecule has 138 valence electrons. The topological polar surface area (TPSA) is 47.9 Å². The molecule has 1 aliphatic rings. The van der Waals surface area contributed by atoms with Crippen LogP contribution in [0.1, 0.15) is 33.3 Å². The Bertz CT molecular complexity index is 622. The smallest absolute Gasteiger partial charge is 0.219 e. The Balaban J connectivity index is 2.08. The number of hydrogen-bond acceptors (Lipinski definition) is 2. The average molecular weight is 365 g/mol. The van der Waals surface area contributed by atoms with E-state index in [9.17, 15) is 4.79 Å². The Kier molecular flexibility index (Phi) is 6.71. The molecule has 25 heavy (non-hydrogen) atoms. The van der Waals surface area contributed by atoms with Gasteiger partial charge in [0, 0.05) is 50.1 Å². The van der Waals surface area contributed by atoms with Gasteiger partial charge in [0.15, 0.2) is 5.96 Å². The molecule has 0 aromatic heterocycles. The molecule has 0 atom stereocenters. The van der Waals surface area contributed by atoms with Crippen molar-refractivity contribution >= 4 is 23.5 Å². The van der Waals surface area contributed by atoms with Gasteiger partial charge in [-0.15, -0.1) is 0 Å². The van der Waals surface area contributed by atoms with E-state index in [0.717, 1.165) is 43.7 Å². The molecule has 0 radical (unpaired) electrons. The number of guanidine groups is 1. The van der Waals surface area contributed by atoms with E-state index in [2.05, 4.69) is 37.1 Å². The first-order valence-corrected chi connectivity index (χ1v) is 9.26. The Labute approximate surface area is 156 Å². The Morgan fingerprint density at radius 1 is 1.24 bits per heavy atom. The molecule has 1 heterocycles. The van der Waals surface area contributed by atoms with Crippen molar-refractivity contribution in [2.45, 2.75) is 33.1 Å². The SMILES string of the molecule is CCNC(=NCC(C)(C)c1cccc(Cl)c1)N1CCN(C(C)=O)CC1. The summed E-state index contributed by atoms with van der Waals surface area (Å²) < 4.78 is 0. The monoisotopic (exact) mass is 364 g/mol. The van der Waals surface area contributed by atoms with Crippen LogP contribution in [0.15, 0.2) is 29.3 Å². The number of aliphatic imine (C=N–C) groups is 1. The molecule has 1 N–H and O–H groups in total. The zero-order valence-corrected chi connectivity index (χ0v) is 16.4. The van der Waals surface area contributed by atoms with Gasteiger partial charge < -0.3 is 15.1 Å². The number of amides is 1. The predicted molar refractivity (Wildman–Crippen MR) is 104 cm³/mol. The fourth-order valence-corrected chi connectivity index (χ4v) is 3.12. The zero-order chi connectivity index (χ0) is 18.4. The zero-order valence-electron chi connectivity index (χ0n) is 15.7. The molecule has 1 fully saturated rings. The van der Waals surface area contributed by atoms with Gasteiger partial charge in [0.1, 0.15) is 0 Å². The lowest BCUT2D eigenvalue weighted by Crippen LogP contribution is -2.53. The quantitative estimate of drug-likeness (QED) is 0.660. The molecule has 1 aromatic rings. The van der Waals surface area contributed by atoms with Gasteiger partial charge in [-0.2, -0.15) is 0 Å². The number of carbonyl (C=O) groups excluding carboxylic acids is 1. The van der Waals surface area contributed by atoms with Gasteiger partial charge in [-0.1, -0.05) is 37.6 Å². The van der Waals surface area contributed by atoms with Crippen molar-refractivity contribution in [1.29, 1.82) is 0 Å². The first kappa shape index (κ1) is 19.6. The van der Waals surface area contributed by atoms with Crippen LogP contribution in [-0.4, -0.2) is 60.9 Å². The van der Waals surface area contributed by atoms with Crippen LogP contribution in [0, 0.1) is 0 Å². The van der Waals surface area contributed by atoms with Crippen molar-refractivity contribution in [3.05, 3.63) is 34.9 Å². The van der Waals surface area contributed by atoms with Crippen LogP contribution in [0.3, 0.4) is 0 Å². The Morgan fingerprint density at radius 3 is 2.44 bits per heavy atom. The molecule has 1 aliphatic heterocycles. The summed E-state index contributed by atoms with van der Waals surface area (Å²) in [5.74, 6) is 1.06. The highest BCUT2D eigenvalue weighted by atomic mass is 35.5. The molecule has 5 nitrogen and oxygen atoms in total. The van der Waals surface area contributed by atoms with Gasteiger partial charge >= 0.3 is 0 Å². The van der Waals surface area contributed by atoms with Crippen molar-refractivity contribution in [1.82, 2.24) is 15.1 Å². The van der Waals surface area contributed by atoms with Crippen LogP contribution in [0.2, 0.25) is 5.02 Å². The van der Waals surface area contributed by atoms with Crippen molar-refractivity contribution in [3.8, 4) is 0 Å². The standard InChI is InChI=1S/C19H29ClN4O/c1-5-21-18(24-11-9-23(10-12-24)15(2)25)22-14-19(3,4)16-7-6-8-17(20)13-16/h6-8,13H,5,9-12,14H2,1-4H3,(H,21,22). The first-order valence-electron chi connectivity index (χ1n) is 8.88. The van der Waals surface area contributed by atoms with Crippen LogP contribution in [0.25, 0.3) is 0 Å². The number of nitrogens with zero attached hydrogens (tertiary/aromatic N) is 3. The molecule has 0 spiro atoms. The summed E-state index contributed by atoms with van der Waals surface area (Å²) in [5.41, 5.74) is 1.08. The molecule has 0 saturated carbocycles. The van der Waals surface area contributed by atoms with Crippen LogP contribution in [0.4, 0.5) is 0 Å². The largest absolute Gasteiger partial charge is 0.357 e. The number of piperazine rings is 1. The molecular weight excluding hydrogens is 336 g/mol. The number of nitrogens with one attached hydrogen (secondary N) is 1. The molecule has 1 amide bonds. The van der Waals surface area contributed by atoms with Gasteiger partial charge in [0.2, 0.25) is 5.91 Å². The number of rotatable bonds is 4. The van der Waals surface area contributed by atoms with E-state index in [0.29, 0.717) is 6.54 Å². The first-order chi connectivity index (χ1) is 11.8. The van der Waals surface area contributed by atoms with Gasteiger partial charge in [0.05, 0.1) is 6.54 Å². The van der Waals surface area contributed by atoms with Gasteiger partial charge in [0.25, 0.3) is 0 Å². The summed E-state index contributed by atoms with van der Waals surface area (Å²) in [5, 5.41) is 4.13. The number of benzene rings is 1. The van der Waals surface area contributed by atoms with Gasteiger partial charge in [-0.05, 0) is 24.6 Å². The molecule has 0 bridgehead atoms. The van der Waals surface area contributed by atoms with Crippen molar-refractivity contribution < 1.29 is 4.79 Å². The van der Waals surface area contributed by atoms with Gasteiger partial charge in [-0.25, -0.2) is 0 Å². The lowest BCUT2D eigenvalue weighted by molar-refractivity contribution is -0.130. The van der Waals surface area contributed by atoms with Crippen molar-refractivity contribution in [3.63, 3.8) is 0 Å². The van der Waals surface area contributed by atoms with E-state index in [4.69, 9.17) is 16.6 Å². The molecule has 2 rings (SSSR count). The molecular formula is C19H29ClN4O. The Hall–Kier alpha value is -1.75. The maximum Gasteiger partial charge on any atom is 0.219 e. The fraction of sp³-hybridized carbons (Fsp3) is 0.579. The van der Waals surface area contributed by atoms with Crippen LogP contribution >= 0.6 is 11.6 Å². The average Bonchev–Trinajstić information content (AvgIpc) is 2.58. The second-order valence-electron chi connectivity index (χ2n) is 7.06. The van der Waals surface area contributed by atoms with Crippen molar-refractivity contribution in [2.75, 3.05) is 39.3 Å². The fourth-order valence-electron chi connectivity index (χ4n) is 2.93. The lowest BCUT2D eigenvalue weighted by Gasteiger charge is -2.36. The van der Waals surface area contributed by atoms with E-state index in [-0.39, 0.29) is 11.3 Å². The second kappa shape index (κ2) is 8.56. The lowest BCUT2D eigenvalue weighted by atomic mass is 9.85. The Morgan fingerprint density at radius 2 is 1.88 bits per heavy atom. The summed E-state index contributed by atoms with van der Waals surface area (Å²) in [6.45, 7) is 12.7. The summed E-state index contributed by atoms with van der Waals surface area (Å²) in [6, 6.07) is 7.98. The van der Waals surface area contributed by atoms with Gasteiger partial charge in [-0.3, -0.25) is 9.79 Å². The summed E-state index contributed by atoms with van der Waals surface area (Å²) in [4.78, 5) is 20.5. The van der Waals surface area contributed by atoms with E-state index >= 15 is 0 Å². The van der Waals surface area contributed by atoms with E-state index in [1.165, 1.54) is 5.56 Å². The highest BCUT2D eigenvalue weighted by Crippen LogP contribution is 2.26. The summed E-state index contributed by atoms with van der Waals surface area (Å²) in [7, 11) is 0. The highest BCUT2D eigenvalue weighted by Gasteiger charge is 2.24. The molecule has 0 aliphatic carbocycles. The van der Waals surface area contributed by atoms with Crippen LogP contribution in [-0.2, 0) is 10.2 Å². The van der Waals surface area contributed by atoms with E-state index in [1.54, 1.807) is 6.92 Å². The minimum Gasteiger partial charge on any atom is -0.357 e. The molecule has 1 saturated heterocycles. The third kappa shape index (κ3) is 5.36. The van der Waals surface area contributed by atoms with E-state index in [1.807, 2.05) is 23.1 Å². The minimum atomic E-state index is -0.104. The summed E-state index contributed by atoms with van der Waals surface area (Å²) >= 11 is 6.14. The van der Waals surface area contributed by atoms with Crippen LogP contribution < -0.4 is 5.32 Å². The van der Waals surface area contributed by atoms with E-state index < -0.39 is 0 Å². The number of carbonyl (C=O) groups is 1. The normalized spacial score (nSPS) is 16.1. The second-order valence-corrected chi connectivity index (χ2v) is 7.49. The molecule has 6 heteroatoms. The number of hydrogen-bond donors (Lipinski definition) is 1. The molecule has 0 unspecified atom stereocenters. The maximum atomic E-state index is 11.5. The maximum absolute atomic E-state index is 11.5.